The van der Waals surface area contributed by atoms with Crippen molar-refractivity contribution in [2.75, 3.05) is 20.3 Å². The van der Waals surface area contributed by atoms with E-state index in [1.165, 1.54) is 0 Å². The van der Waals surface area contributed by atoms with Crippen LogP contribution < -0.4 is 9.47 Å². The zero-order valence-corrected chi connectivity index (χ0v) is 16.3. The minimum absolute atomic E-state index is 0.142. The SMILES string of the molecule is CCOc1ccc(C2CCCN2S(=O)(=O)c2ccc(OC)cc2C)cc1. The van der Waals surface area contributed by atoms with Gasteiger partial charge < -0.3 is 9.47 Å². The van der Waals surface area contributed by atoms with Gasteiger partial charge in [0.15, 0.2) is 0 Å². The first kappa shape index (κ1) is 18.7. The molecular formula is C20H25NO4S. The Morgan fingerprint density at radius 1 is 1.12 bits per heavy atom. The number of nitrogens with zero attached hydrogens (tertiary/aromatic N) is 1. The fourth-order valence-electron chi connectivity index (χ4n) is 3.48. The summed E-state index contributed by atoms with van der Waals surface area (Å²) in [5.74, 6) is 1.46. The average molecular weight is 375 g/mol. The fraction of sp³-hybridized carbons (Fsp3) is 0.400. The van der Waals surface area contributed by atoms with Gasteiger partial charge in [-0.25, -0.2) is 8.42 Å². The van der Waals surface area contributed by atoms with Crippen molar-refractivity contribution in [2.24, 2.45) is 0 Å². The average Bonchev–Trinajstić information content (AvgIpc) is 3.13. The van der Waals surface area contributed by atoms with E-state index >= 15 is 0 Å². The van der Waals surface area contributed by atoms with Crippen LogP contribution in [0.25, 0.3) is 0 Å². The highest BCUT2D eigenvalue weighted by Gasteiger charge is 2.36. The molecule has 1 unspecified atom stereocenters. The molecule has 1 heterocycles. The molecule has 2 aromatic carbocycles. The lowest BCUT2D eigenvalue weighted by atomic mass is 10.1. The van der Waals surface area contributed by atoms with Gasteiger partial charge in [0.1, 0.15) is 11.5 Å². The van der Waals surface area contributed by atoms with Gasteiger partial charge in [0.25, 0.3) is 0 Å². The number of hydrogen-bond donors (Lipinski definition) is 0. The molecule has 0 saturated carbocycles. The molecule has 0 amide bonds. The van der Waals surface area contributed by atoms with E-state index in [-0.39, 0.29) is 6.04 Å². The second-order valence-corrected chi connectivity index (χ2v) is 8.27. The third-order valence-electron chi connectivity index (χ3n) is 4.75. The summed E-state index contributed by atoms with van der Waals surface area (Å²) in [6.07, 6.45) is 1.68. The largest absolute Gasteiger partial charge is 0.497 e. The van der Waals surface area contributed by atoms with Crippen LogP contribution in [-0.4, -0.2) is 33.0 Å². The van der Waals surface area contributed by atoms with Crippen molar-refractivity contribution in [1.29, 1.82) is 0 Å². The molecule has 0 radical (unpaired) electrons. The third-order valence-corrected chi connectivity index (χ3v) is 6.82. The number of ether oxygens (including phenoxy) is 2. The molecule has 5 nitrogen and oxygen atoms in total. The normalized spacial score (nSPS) is 18.0. The van der Waals surface area contributed by atoms with Gasteiger partial charge in [0.05, 0.1) is 24.7 Å². The Kier molecular flexibility index (Phi) is 5.53. The van der Waals surface area contributed by atoms with Crippen LogP contribution in [0, 0.1) is 6.92 Å². The van der Waals surface area contributed by atoms with E-state index in [0.717, 1.165) is 24.2 Å². The van der Waals surface area contributed by atoms with Crippen LogP contribution in [0.2, 0.25) is 0 Å². The fourth-order valence-corrected chi connectivity index (χ4v) is 5.37. The molecule has 1 atom stereocenters. The summed E-state index contributed by atoms with van der Waals surface area (Å²) in [6.45, 7) is 4.89. The highest BCUT2D eigenvalue weighted by Crippen LogP contribution is 2.38. The molecule has 26 heavy (non-hydrogen) atoms. The lowest BCUT2D eigenvalue weighted by molar-refractivity contribution is 0.339. The van der Waals surface area contributed by atoms with Crippen molar-refractivity contribution >= 4 is 10.0 Å². The van der Waals surface area contributed by atoms with Crippen molar-refractivity contribution in [2.45, 2.75) is 37.6 Å². The van der Waals surface area contributed by atoms with Crippen molar-refractivity contribution < 1.29 is 17.9 Å². The molecule has 0 aromatic heterocycles. The van der Waals surface area contributed by atoms with Crippen LogP contribution in [0.5, 0.6) is 11.5 Å². The highest BCUT2D eigenvalue weighted by atomic mass is 32.2. The smallest absolute Gasteiger partial charge is 0.243 e. The van der Waals surface area contributed by atoms with E-state index in [1.54, 1.807) is 36.5 Å². The van der Waals surface area contributed by atoms with Crippen molar-refractivity contribution in [3.8, 4) is 11.5 Å². The van der Waals surface area contributed by atoms with Crippen LogP contribution in [0.1, 0.15) is 36.9 Å². The van der Waals surface area contributed by atoms with Gasteiger partial charge in [-0.05, 0) is 68.1 Å². The Labute approximate surface area is 155 Å². The van der Waals surface area contributed by atoms with Gasteiger partial charge in [-0.2, -0.15) is 4.31 Å². The van der Waals surface area contributed by atoms with Gasteiger partial charge in [0, 0.05) is 6.54 Å². The summed E-state index contributed by atoms with van der Waals surface area (Å²) in [6, 6.07) is 12.7. The topological polar surface area (TPSA) is 55.8 Å². The monoisotopic (exact) mass is 375 g/mol. The number of aryl methyl sites for hydroxylation is 1. The van der Waals surface area contributed by atoms with E-state index in [9.17, 15) is 8.42 Å². The van der Waals surface area contributed by atoms with E-state index in [1.807, 2.05) is 31.2 Å². The number of benzene rings is 2. The molecule has 140 valence electrons. The summed E-state index contributed by atoms with van der Waals surface area (Å²) in [5, 5.41) is 0. The van der Waals surface area contributed by atoms with E-state index in [0.29, 0.717) is 29.4 Å². The van der Waals surface area contributed by atoms with E-state index < -0.39 is 10.0 Å². The van der Waals surface area contributed by atoms with Gasteiger partial charge in [0.2, 0.25) is 10.0 Å². The second-order valence-electron chi connectivity index (χ2n) is 6.41. The Bertz CT molecular complexity index is 862. The molecule has 0 N–H and O–H groups in total. The van der Waals surface area contributed by atoms with Gasteiger partial charge >= 0.3 is 0 Å². The van der Waals surface area contributed by atoms with Crippen LogP contribution in [0.3, 0.4) is 0 Å². The number of sulfonamides is 1. The Morgan fingerprint density at radius 2 is 1.81 bits per heavy atom. The lowest BCUT2D eigenvalue weighted by Crippen LogP contribution is -2.31. The number of hydrogen-bond acceptors (Lipinski definition) is 4. The van der Waals surface area contributed by atoms with Crippen molar-refractivity contribution in [3.05, 3.63) is 53.6 Å². The summed E-state index contributed by atoms with van der Waals surface area (Å²) in [4.78, 5) is 0.344. The summed E-state index contributed by atoms with van der Waals surface area (Å²) in [7, 11) is -1.99. The van der Waals surface area contributed by atoms with E-state index in [4.69, 9.17) is 9.47 Å². The molecule has 1 saturated heterocycles. The van der Waals surface area contributed by atoms with Crippen LogP contribution in [0.4, 0.5) is 0 Å². The molecule has 0 bridgehead atoms. The molecule has 1 aliphatic heterocycles. The first-order chi connectivity index (χ1) is 12.5. The second kappa shape index (κ2) is 7.68. The minimum atomic E-state index is -3.57. The Hall–Kier alpha value is -2.05. The Morgan fingerprint density at radius 3 is 2.42 bits per heavy atom. The zero-order valence-electron chi connectivity index (χ0n) is 15.4. The van der Waals surface area contributed by atoms with Crippen molar-refractivity contribution in [1.82, 2.24) is 4.31 Å². The summed E-state index contributed by atoms with van der Waals surface area (Å²) in [5.41, 5.74) is 1.70. The molecular weight excluding hydrogens is 350 g/mol. The summed E-state index contributed by atoms with van der Waals surface area (Å²) < 4.78 is 38.8. The molecule has 0 spiro atoms. The predicted molar refractivity (Wildman–Crippen MR) is 101 cm³/mol. The number of methoxy groups -OCH3 is 1. The lowest BCUT2D eigenvalue weighted by Gasteiger charge is -2.25. The molecule has 6 heteroatoms. The Balaban J connectivity index is 1.91. The number of rotatable bonds is 6. The quantitative estimate of drug-likeness (QED) is 0.768. The zero-order chi connectivity index (χ0) is 18.7. The maximum atomic E-state index is 13.3. The van der Waals surface area contributed by atoms with Gasteiger partial charge in [-0.15, -0.1) is 0 Å². The maximum Gasteiger partial charge on any atom is 0.243 e. The van der Waals surface area contributed by atoms with Crippen LogP contribution >= 0.6 is 0 Å². The minimum Gasteiger partial charge on any atom is -0.497 e. The standard InChI is InChI=1S/C20H25NO4S/c1-4-25-17-9-7-16(8-10-17)19-6-5-13-21(19)26(22,23)20-12-11-18(24-3)14-15(20)2/h7-12,14,19H,4-6,13H2,1-3H3. The molecule has 1 aliphatic rings. The van der Waals surface area contributed by atoms with E-state index in [2.05, 4.69) is 0 Å². The predicted octanol–water partition coefficient (Wildman–Crippen LogP) is 3.93. The van der Waals surface area contributed by atoms with Crippen molar-refractivity contribution in [3.63, 3.8) is 0 Å². The van der Waals surface area contributed by atoms with Gasteiger partial charge in [-0.1, -0.05) is 12.1 Å². The first-order valence-electron chi connectivity index (χ1n) is 8.86. The maximum absolute atomic E-state index is 13.3. The van der Waals surface area contributed by atoms with Gasteiger partial charge in [-0.3, -0.25) is 0 Å². The molecule has 0 aliphatic carbocycles. The molecule has 1 fully saturated rings. The summed E-state index contributed by atoms with van der Waals surface area (Å²) >= 11 is 0. The highest BCUT2D eigenvalue weighted by molar-refractivity contribution is 7.89. The third kappa shape index (κ3) is 3.57. The molecule has 3 rings (SSSR count). The first-order valence-corrected chi connectivity index (χ1v) is 10.3. The van der Waals surface area contributed by atoms with Crippen LogP contribution in [-0.2, 0) is 10.0 Å². The molecule has 2 aromatic rings. The van der Waals surface area contributed by atoms with Crippen LogP contribution in [0.15, 0.2) is 47.4 Å².